The highest BCUT2D eigenvalue weighted by atomic mass is 28.4. The first-order chi connectivity index (χ1) is 9.65. The number of rotatable bonds is 10. The van der Waals surface area contributed by atoms with Crippen LogP contribution in [0.4, 0.5) is 0 Å². The van der Waals surface area contributed by atoms with E-state index in [1.54, 1.807) is 33.9 Å². The molecule has 0 amide bonds. The molecule has 0 fully saturated rings. The van der Waals surface area contributed by atoms with Gasteiger partial charge >= 0.3 is 14.8 Å². The number of hydrogen-bond donors (Lipinski definition) is 0. The monoisotopic (exact) mass is 302 g/mol. The van der Waals surface area contributed by atoms with Crippen molar-refractivity contribution in [2.45, 2.75) is 25.4 Å². The van der Waals surface area contributed by atoms with Crippen LogP contribution in [0.15, 0.2) is 18.7 Å². The molecule has 0 N–H and O–H groups in total. The van der Waals surface area contributed by atoms with Gasteiger partial charge < -0.3 is 22.6 Å². The minimum Gasteiger partial charge on any atom is -0.466 e. The van der Waals surface area contributed by atoms with Gasteiger partial charge in [0.1, 0.15) is 0 Å². The molecule has 114 valence electrons. The van der Waals surface area contributed by atoms with E-state index in [1.165, 1.54) is 0 Å². The molecule has 20 heavy (non-hydrogen) atoms. The molecule has 0 atom stereocenters. The quantitative estimate of drug-likeness (QED) is 0.366. The van der Waals surface area contributed by atoms with Crippen molar-refractivity contribution in [3.8, 4) is 0 Å². The van der Waals surface area contributed by atoms with Crippen molar-refractivity contribution in [3.05, 3.63) is 18.7 Å². The van der Waals surface area contributed by atoms with Crippen molar-refractivity contribution in [1.82, 2.24) is 9.55 Å². The summed E-state index contributed by atoms with van der Waals surface area (Å²) in [5.74, 6) is -0.224. The average Bonchev–Trinajstić information content (AvgIpc) is 2.99. The fourth-order valence-electron chi connectivity index (χ4n) is 1.74. The first kappa shape index (κ1) is 16.8. The van der Waals surface area contributed by atoms with Crippen LogP contribution in [0.3, 0.4) is 0 Å². The number of aromatic nitrogens is 2. The topological polar surface area (TPSA) is 71.8 Å². The van der Waals surface area contributed by atoms with Crippen LogP contribution in [0.25, 0.3) is 0 Å². The van der Waals surface area contributed by atoms with Crippen LogP contribution in [-0.4, -0.2) is 52.3 Å². The SMILES string of the molecule is CO[Si](CCCOC(=O)CCn1ccnc1)(OC)OC. The zero-order valence-electron chi connectivity index (χ0n) is 12.2. The lowest BCUT2D eigenvalue weighted by Gasteiger charge is -2.24. The van der Waals surface area contributed by atoms with Crippen molar-refractivity contribution >= 4 is 14.8 Å². The number of ether oxygens (including phenoxy) is 1. The molecule has 0 aliphatic rings. The third-order valence-corrected chi connectivity index (χ3v) is 5.79. The molecule has 0 radical (unpaired) electrons. The van der Waals surface area contributed by atoms with Gasteiger partial charge in [0.15, 0.2) is 0 Å². The van der Waals surface area contributed by atoms with Gasteiger partial charge in [-0.15, -0.1) is 0 Å². The average molecular weight is 302 g/mol. The number of aryl methyl sites for hydroxylation is 1. The highest BCUT2D eigenvalue weighted by Crippen LogP contribution is 2.14. The van der Waals surface area contributed by atoms with Crippen molar-refractivity contribution in [2.75, 3.05) is 27.9 Å². The van der Waals surface area contributed by atoms with Gasteiger partial charge in [0.25, 0.3) is 0 Å². The Balaban J connectivity index is 2.15. The summed E-state index contributed by atoms with van der Waals surface area (Å²) in [6.07, 6.45) is 6.14. The van der Waals surface area contributed by atoms with Crippen molar-refractivity contribution in [2.24, 2.45) is 0 Å². The van der Waals surface area contributed by atoms with Crippen molar-refractivity contribution in [1.29, 1.82) is 0 Å². The predicted molar refractivity (Wildman–Crippen MR) is 74.0 cm³/mol. The van der Waals surface area contributed by atoms with Crippen LogP contribution in [-0.2, 0) is 29.4 Å². The first-order valence-electron chi connectivity index (χ1n) is 6.42. The Labute approximate surface area is 120 Å². The molecule has 0 aliphatic heterocycles. The second kappa shape index (κ2) is 8.85. The minimum atomic E-state index is -2.56. The number of carbonyl (C=O) groups excluding carboxylic acids is 1. The Morgan fingerprint density at radius 2 is 1.95 bits per heavy atom. The van der Waals surface area contributed by atoms with Crippen LogP contribution in [0.2, 0.25) is 6.04 Å². The maximum Gasteiger partial charge on any atom is 0.500 e. The van der Waals surface area contributed by atoms with Crippen LogP contribution in [0, 0.1) is 0 Å². The summed E-state index contributed by atoms with van der Waals surface area (Å²) in [5, 5.41) is 0. The molecule has 7 nitrogen and oxygen atoms in total. The molecule has 0 spiro atoms. The second-order valence-corrected chi connectivity index (χ2v) is 7.26. The maximum atomic E-state index is 11.5. The van der Waals surface area contributed by atoms with Crippen LogP contribution in [0.1, 0.15) is 12.8 Å². The standard InChI is InChI=1S/C12H22N2O5Si/c1-16-20(17-2,18-3)10-4-9-19-12(15)5-7-14-8-6-13-11-14/h6,8,11H,4-5,7,9-10H2,1-3H3. The molecule has 0 saturated heterocycles. The lowest BCUT2D eigenvalue weighted by Crippen LogP contribution is -2.42. The van der Waals surface area contributed by atoms with E-state index in [0.717, 1.165) is 0 Å². The van der Waals surface area contributed by atoms with E-state index in [-0.39, 0.29) is 5.97 Å². The minimum absolute atomic E-state index is 0.224. The number of carbonyl (C=O) groups is 1. The van der Waals surface area contributed by atoms with Gasteiger partial charge in [0.2, 0.25) is 0 Å². The zero-order valence-corrected chi connectivity index (χ0v) is 13.2. The molecule has 0 aliphatic carbocycles. The van der Waals surface area contributed by atoms with Gasteiger partial charge in [0, 0.05) is 46.3 Å². The third-order valence-electron chi connectivity index (χ3n) is 2.96. The van der Waals surface area contributed by atoms with E-state index in [9.17, 15) is 4.79 Å². The Hall–Kier alpha value is -1.22. The van der Waals surface area contributed by atoms with E-state index < -0.39 is 8.80 Å². The Kier molecular flexibility index (Phi) is 7.45. The van der Waals surface area contributed by atoms with Gasteiger partial charge in [-0.2, -0.15) is 0 Å². The third kappa shape index (κ3) is 5.41. The highest BCUT2D eigenvalue weighted by molar-refractivity contribution is 6.60. The molecular formula is C12H22N2O5Si. The Morgan fingerprint density at radius 1 is 1.25 bits per heavy atom. The smallest absolute Gasteiger partial charge is 0.466 e. The number of imidazole rings is 1. The maximum absolute atomic E-state index is 11.5. The fourth-order valence-corrected chi connectivity index (χ4v) is 3.43. The van der Waals surface area contributed by atoms with Crippen LogP contribution >= 0.6 is 0 Å². The molecule has 0 bridgehead atoms. The molecule has 0 aromatic carbocycles. The lowest BCUT2D eigenvalue weighted by molar-refractivity contribution is -0.144. The van der Waals surface area contributed by atoms with Gasteiger partial charge in [-0.3, -0.25) is 4.79 Å². The first-order valence-corrected chi connectivity index (χ1v) is 8.36. The van der Waals surface area contributed by atoms with E-state index in [1.807, 2.05) is 10.8 Å². The molecule has 1 heterocycles. The summed E-state index contributed by atoms with van der Waals surface area (Å²) in [5.41, 5.74) is 0. The van der Waals surface area contributed by atoms with Crippen molar-refractivity contribution < 1.29 is 22.8 Å². The van der Waals surface area contributed by atoms with E-state index in [4.69, 9.17) is 18.0 Å². The number of nitrogens with zero attached hydrogens (tertiary/aromatic N) is 2. The van der Waals surface area contributed by atoms with Crippen molar-refractivity contribution in [3.63, 3.8) is 0 Å². The largest absolute Gasteiger partial charge is 0.500 e. The molecule has 1 rings (SSSR count). The lowest BCUT2D eigenvalue weighted by atomic mass is 10.4. The molecule has 0 saturated carbocycles. The summed E-state index contributed by atoms with van der Waals surface area (Å²) in [6, 6.07) is 0.616. The summed E-state index contributed by atoms with van der Waals surface area (Å²) in [6.45, 7) is 0.916. The van der Waals surface area contributed by atoms with E-state index in [2.05, 4.69) is 4.98 Å². The number of esters is 1. The molecular weight excluding hydrogens is 280 g/mol. The van der Waals surface area contributed by atoms with Gasteiger partial charge in [-0.1, -0.05) is 0 Å². The van der Waals surface area contributed by atoms with E-state index >= 15 is 0 Å². The zero-order chi connectivity index (χ0) is 14.8. The molecule has 8 heteroatoms. The van der Waals surface area contributed by atoms with Gasteiger partial charge in [-0.25, -0.2) is 4.98 Å². The Bertz CT molecular complexity index is 373. The predicted octanol–water partition coefficient (Wildman–Crippen LogP) is 1.08. The molecule has 1 aromatic rings. The highest BCUT2D eigenvalue weighted by Gasteiger charge is 2.36. The summed E-state index contributed by atoms with van der Waals surface area (Å²) in [4.78, 5) is 15.4. The number of hydrogen-bond acceptors (Lipinski definition) is 6. The van der Waals surface area contributed by atoms with Crippen LogP contribution < -0.4 is 0 Å². The normalized spacial score (nSPS) is 11.6. The summed E-state index contributed by atoms with van der Waals surface area (Å²) in [7, 11) is 2.14. The molecule has 1 aromatic heterocycles. The second-order valence-electron chi connectivity index (χ2n) is 4.17. The van der Waals surface area contributed by atoms with Crippen LogP contribution in [0.5, 0.6) is 0 Å². The Morgan fingerprint density at radius 3 is 2.50 bits per heavy atom. The summed E-state index contributed by atoms with van der Waals surface area (Å²) >= 11 is 0. The molecule has 0 unspecified atom stereocenters. The van der Waals surface area contributed by atoms with E-state index in [0.29, 0.717) is 32.0 Å². The van der Waals surface area contributed by atoms with Gasteiger partial charge in [0.05, 0.1) is 19.4 Å². The fraction of sp³-hybridized carbons (Fsp3) is 0.667. The summed E-state index contributed by atoms with van der Waals surface area (Å²) < 4.78 is 22.8. The van der Waals surface area contributed by atoms with Gasteiger partial charge in [-0.05, 0) is 6.42 Å².